The number of alkyl halides is 3. The molecule has 0 aliphatic carbocycles. The lowest BCUT2D eigenvalue weighted by molar-refractivity contribution is -0.143. The monoisotopic (exact) mass is 466 g/mol. The van der Waals surface area contributed by atoms with Crippen LogP contribution in [0.5, 0.6) is 0 Å². The number of nitrogens with one attached hydrogen (secondary N) is 1. The number of carbonyl (C=O) groups is 1. The second-order valence-corrected chi connectivity index (χ2v) is 7.99. The van der Waals surface area contributed by atoms with Crippen LogP contribution in [0, 0.1) is 6.92 Å². The molecule has 0 unspecified atom stereocenters. The lowest BCUT2D eigenvalue weighted by atomic mass is 10.2. The van der Waals surface area contributed by atoms with E-state index >= 15 is 0 Å². The van der Waals surface area contributed by atoms with Gasteiger partial charge in [-0.1, -0.05) is 11.6 Å². The van der Waals surface area contributed by atoms with Crippen molar-refractivity contribution in [2.75, 3.05) is 0 Å². The van der Waals surface area contributed by atoms with E-state index in [-0.39, 0.29) is 12.2 Å². The SMILES string of the molecule is Cc1nc(-c2ccc(CNC(=O)c3cnn(-c4ccc(Cl)cc4)c3C(F)(F)F)o2)cs1. The predicted octanol–water partition coefficient (Wildman–Crippen LogP) is 5.50. The number of furan rings is 1. The molecule has 1 N–H and O–H groups in total. The van der Waals surface area contributed by atoms with Crippen LogP contribution in [-0.4, -0.2) is 20.7 Å². The van der Waals surface area contributed by atoms with Gasteiger partial charge >= 0.3 is 6.18 Å². The van der Waals surface area contributed by atoms with Gasteiger partial charge in [0.25, 0.3) is 5.91 Å². The maximum Gasteiger partial charge on any atom is 0.434 e. The minimum atomic E-state index is -4.80. The van der Waals surface area contributed by atoms with Crippen LogP contribution in [0.15, 0.2) is 52.4 Å². The van der Waals surface area contributed by atoms with Crippen LogP contribution in [0.3, 0.4) is 0 Å². The molecule has 0 fully saturated rings. The summed E-state index contributed by atoms with van der Waals surface area (Å²) in [5, 5.41) is 9.29. The van der Waals surface area contributed by atoms with Crippen molar-refractivity contribution in [1.82, 2.24) is 20.1 Å². The number of nitrogens with zero attached hydrogens (tertiary/aromatic N) is 3. The number of aryl methyl sites for hydroxylation is 1. The Balaban J connectivity index is 1.55. The van der Waals surface area contributed by atoms with E-state index in [0.717, 1.165) is 11.2 Å². The van der Waals surface area contributed by atoms with Crippen LogP contribution < -0.4 is 5.32 Å². The minimum absolute atomic E-state index is 0.0919. The zero-order valence-electron chi connectivity index (χ0n) is 15.9. The fourth-order valence-corrected chi connectivity index (χ4v) is 3.64. The zero-order valence-corrected chi connectivity index (χ0v) is 17.5. The Bertz CT molecular complexity index is 1230. The molecular weight excluding hydrogens is 453 g/mol. The average Bonchev–Trinajstić information content (AvgIpc) is 3.45. The lowest BCUT2D eigenvalue weighted by Crippen LogP contribution is -2.26. The van der Waals surface area contributed by atoms with Gasteiger partial charge in [-0.05, 0) is 43.3 Å². The van der Waals surface area contributed by atoms with Crippen molar-refractivity contribution in [2.45, 2.75) is 19.6 Å². The predicted molar refractivity (Wildman–Crippen MR) is 109 cm³/mol. The Kier molecular flexibility index (Phi) is 5.59. The van der Waals surface area contributed by atoms with E-state index in [1.54, 1.807) is 12.1 Å². The second kappa shape index (κ2) is 8.20. The lowest BCUT2D eigenvalue weighted by Gasteiger charge is -2.12. The third-order valence-corrected chi connectivity index (χ3v) is 5.34. The van der Waals surface area contributed by atoms with Crippen molar-refractivity contribution in [3.8, 4) is 17.1 Å². The third-order valence-electron chi connectivity index (χ3n) is 4.31. The molecule has 3 aromatic heterocycles. The minimum Gasteiger partial charge on any atom is -0.458 e. The van der Waals surface area contributed by atoms with Gasteiger partial charge in [-0.3, -0.25) is 4.79 Å². The Hall–Kier alpha value is -3.11. The number of halogens is 4. The number of rotatable bonds is 5. The molecule has 0 aliphatic rings. The summed E-state index contributed by atoms with van der Waals surface area (Å²) in [7, 11) is 0. The van der Waals surface area contributed by atoms with Gasteiger partial charge in [-0.15, -0.1) is 11.3 Å². The van der Waals surface area contributed by atoms with Crippen LogP contribution in [-0.2, 0) is 12.7 Å². The van der Waals surface area contributed by atoms with E-state index in [2.05, 4.69) is 15.4 Å². The van der Waals surface area contributed by atoms with Gasteiger partial charge in [0.05, 0.1) is 29.0 Å². The van der Waals surface area contributed by atoms with E-state index < -0.39 is 23.3 Å². The van der Waals surface area contributed by atoms with Crippen molar-refractivity contribution < 1.29 is 22.4 Å². The number of amides is 1. The van der Waals surface area contributed by atoms with Gasteiger partial charge in [0, 0.05) is 10.4 Å². The molecule has 11 heteroatoms. The van der Waals surface area contributed by atoms with Crippen LogP contribution in [0.2, 0.25) is 5.02 Å². The van der Waals surface area contributed by atoms with Crippen LogP contribution in [0.4, 0.5) is 13.2 Å². The molecule has 0 saturated heterocycles. The highest BCUT2D eigenvalue weighted by Gasteiger charge is 2.40. The first-order chi connectivity index (χ1) is 14.7. The molecule has 0 spiro atoms. The maximum absolute atomic E-state index is 13.7. The zero-order chi connectivity index (χ0) is 22.2. The Morgan fingerprint density at radius 1 is 1.23 bits per heavy atom. The van der Waals surface area contributed by atoms with Crippen LogP contribution >= 0.6 is 22.9 Å². The Morgan fingerprint density at radius 3 is 2.61 bits per heavy atom. The molecule has 4 aromatic rings. The Morgan fingerprint density at radius 2 is 1.97 bits per heavy atom. The van der Waals surface area contributed by atoms with Crippen molar-refractivity contribution in [2.24, 2.45) is 0 Å². The number of carbonyl (C=O) groups excluding carboxylic acids is 1. The summed E-state index contributed by atoms with van der Waals surface area (Å²) >= 11 is 7.26. The smallest absolute Gasteiger partial charge is 0.434 e. The summed E-state index contributed by atoms with van der Waals surface area (Å²) in [6.45, 7) is 1.77. The summed E-state index contributed by atoms with van der Waals surface area (Å²) in [6.07, 6.45) is -3.92. The van der Waals surface area contributed by atoms with Crippen LogP contribution in [0.1, 0.15) is 26.8 Å². The number of hydrogen-bond donors (Lipinski definition) is 1. The first kappa shape index (κ1) is 21.1. The van der Waals surface area contributed by atoms with Gasteiger partial charge in [-0.25, -0.2) is 9.67 Å². The van der Waals surface area contributed by atoms with E-state index in [1.165, 1.54) is 35.6 Å². The maximum atomic E-state index is 13.7. The van der Waals surface area contributed by atoms with E-state index in [1.807, 2.05) is 12.3 Å². The van der Waals surface area contributed by atoms with Crippen LogP contribution in [0.25, 0.3) is 17.1 Å². The van der Waals surface area contributed by atoms with E-state index in [4.69, 9.17) is 16.0 Å². The van der Waals surface area contributed by atoms with Crippen molar-refractivity contribution in [1.29, 1.82) is 0 Å². The third kappa shape index (κ3) is 4.49. The highest BCUT2D eigenvalue weighted by molar-refractivity contribution is 7.09. The average molecular weight is 467 g/mol. The molecule has 0 saturated carbocycles. The first-order valence-corrected chi connectivity index (χ1v) is 10.2. The fraction of sp³-hybridized carbons (Fsp3) is 0.150. The number of thiazole rings is 1. The summed E-state index contributed by atoms with van der Waals surface area (Å²) < 4.78 is 47.5. The molecule has 160 valence electrons. The molecule has 6 nitrogen and oxygen atoms in total. The normalized spacial score (nSPS) is 11.6. The van der Waals surface area contributed by atoms with Crippen molar-refractivity contribution >= 4 is 28.8 Å². The molecule has 0 aliphatic heterocycles. The second-order valence-electron chi connectivity index (χ2n) is 6.49. The molecule has 1 aromatic carbocycles. The summed E-state index contributed by atoms with van der Waals surface area (Å²) in [6, 6.07) is 8.98. The first-order valence-electron chi connectivity index (χ1n) is 8.93. The summed E-state index contributed by atoms with van der Waals surface area (Å²) in [4.78, 5) is 16.8. The number of aromatic nitrogens is 3. The molecule has 1 amide bonds. The number of hydrogen-bond acceptors (Lipinski definition) is 5. The van der Waals surface area contributed by atoms with E-state index in [0.29, 0.717) is 26.9 Å². The van der Waals surface area contributed by atoms with Gasteiger partial charge < -0.3 is 9.73 Å². The molecule has 3 heterocycles. The molecule has 0 atom stereocenters. The summed E-state index contributed by atoms with van der Waals surface area (Å²) in [5.74, 6) is -0.0252. The standard InChI is InChI=1S/C20H14ClF3N4O2S/c1-11-27-16(10-31-11)17-7-6-14(30-17)8-25-19(29)15-9-26-28(18(15)20(22,23)24)13-4-2-12(21)3-5-13/h2-7,9-10H,8H2,1H3,(H,25,29). The molecule has 4 rings (SSSR count). The van der Waals surface area contributed by atoms with Gasteiger partial charge in [0.2, 0.25) is 0 Å². The quantitative estimate of drug-likeness (QED) is 0.421. The topological polar surface area (TPSA) is 73.0 Å². The molecule has 0 radical (unpaired) electrons. The molecular formula is C20H14ClF3N4O2S. The van der Waals surface area contributed by atoms with Gasteiger partial charge in [-0.2, -0.15) is 18.3 Å². The molecule has 31 heavy (non-hydrogen) atoms. The summed E-state index contributed by atoms with van der Waals surface area (Å²) in [5.41, 5.74) is -0.983. The number of benzene rings is 1. The highest BCUT2D eigenvalue weighted by Crippen LogP contribution is 2.34. The highest BCUT2D eigenvalue weighted by atomic mass is 35.5. The fourth-order valence-electron chi connectivity index (χ4n) is 2.92. The van der Waals surface area contributed by atoms with E-state index in [9.17, 15) is 18.0 Å². The largest absolute Gasteiger partial charge is 0.458 e. The Labute approximate surface area is 183 Å². The van der Waals surface area contributed by atoms with Crippen molar-refractivity contribution in [3.05, 3.63) is 75.0 Å². The van der Waals surface area contributed by atoms with Crippen molar-refractivity contribution in [3.63, 3.8) is 0 Å². The molecule has 0 bridgehead atoms. The van der Waals surface area contributed by atoms with Gasteiger partial charge in [0.15, 0.2) is 11.5 Å². The van der Waals surface area contributed by atoms with Gasteiger partial charge in [0.1, 0.15) is 11.5 Å².